The lowest BCUT2D eigenvalue weighted by atomic mass is 9.99. The number of benzene rings is 1. The van der Waals surface area contributed by atoms with Gasteiger partial charge in [0.15, 0.2) is 0 Å². The van der Waals surface area contributed by atoms with Gasteiger partial charge in [-0.05, 0) is 45.9 Å². The molecule has 0 aliphatic rings. The molecule has 6 nitrogen and oxygen atoms in total. The normalized spacial score (nSPS) is 12.2. The third kappa shape index (κ3) is 3.51. The number of aromatic nitrogens is 3. The van der Waals surface area contributed by atoms with Crippen molar-refractivity contribution >= 4 is 27.7 Å². The Labute approximate surface area is 154 Å². The smallest absolute Gasteiger partial charge is 0.232 e. The molecule has 0 saturated heterocycles. The standard InChI is InChI=1S/C18H19BrN4O2/c1-10-8-16(23(21-10)15-7-5-6-14(19)9-15)20-18(24)11(2)17-12(3)22-25-13(17)4/h5-9,11H,1-4H3,(H,20,24). The van der Waals surface area contributed by atoms with Crippen molar-refractivity contribution in [3.05, 3.63) is 57.5 Å². The van der Waals surface area contributed by atoms with Crippen molar-refractivity contribution in [2.75, 3.05) is 5.32 Å². The van der Waals surface area contributed by atoms with E-state index in [4.69, 9.17) is 4.52 Å². The van der Waals surface area contributed by atoms with Gasteiger partial charge in [-0.25, -0.2) is 4.68 Å². The first-order chi connectivity index (χ1) is 11.9. The van der Waals surface area contributed by atoms with Crippen LogP contribution >= 0.6 is 15.9 Å². The number of hydrogen-bond donors (Lipinski definition) is 1. The van der Waals surface area contributed by atoms with Crippen LogP contribution in [-0.2, 0) is 4.79 Å². The van der Waals surface area contributed by atoms with Gasteiger partial charge in [0.1, 0.15) is 11.6 Å². The highest BCUT2D eigenvalue weighted by Gasteiger charge is 2.24. The topological polar surface area (TPSA) is 73.0 Å². The summed E-state index contributed by atoms with van der Waals surface area (Å²) in [6.45, 7) is 7.39. The fourth-order valence-electron chi connectivity index (χ4n) is 2.87. The zero-order valence-corrected chi connectivity index (χ0v) is 16.1. The largest absolute Gasteiger partial charge is 0.361 e. The van der Waals surface area contributed by atoms with Crippen LogP contribution in [0, 0.1) is 20.8 Å². The van der Waals surface area contributed by atoms with Crippen LogP contribution in [0.4, 0.5) is 5.82 Å². The number of nitrogens with one attached hydrogen (secondary N) is 1. The van der Waals surface area contributed by atoms with Crippen LogP contribution in [0.2, 0.25) is 0 Å². The molecular formula is C18H19BrN4O2. The van der Waals surface area contributed by atoms with Crippen LogP contribution in [0.5, 0.6) is 0 Å². The molecule has 0 bridgehead atoms. The summed E-state index contributed by atoms with van der Waals surface area (Å²) in [6, 6.07) is 9.59. The molecule has 0 aliphatic carbocycles. The molecule has 130 valence electrons. The Balaban J connectivity index is 1.90. The van der Waals surface area contributed by atoms with E-state index in [9.17, 15) is 4.79 Å². The molecule has 1 N–H and O–H groups in total. The van der Waals surface area contributed by atoms with Crippen LogP contribution in [0.15, 0.2) is 39.3 Å². The summed E-state index contributed by atoms with van der Waals surface area (Å²) in [5.41, 5.74) is 3.24. The molecule has 0 spiro atoms. The Hall–Kier alpha value is -2.41. The number of hydrogen-bond acceptors (Lipinski definition) is 4. The van der Waals surface area contributed by atoms with E-state index in [1.165, 1.54) is 0 Å². The molecule has 1 amide bonds. The van der Waals surface area contributed by atoms with Crippen LogP contribution in [0.1, 0.15) is 35.6 Å². The number of aryl methyl sites for hydroxylation is 3. The van der Waals surface area contributed by atoms with E-state index in [2.05, 4.69) is 31.5 Å². The average Bonchev–Trinajstić information content (AvgIpc) is 3.09. The molecule has 1 atom stereocenters. The van der Waals surface area contributed by atoms with Crippen molar-refractivity contribution in [3.63, 3.8) is 0 Å². The first kappa shape index (κ1) is 17.4. The van der Waals surface area contributed by atoms with Gasteiger partial charge >= 0.3 is 0 Å². The minimum absolute atomic E-state index is 0.134. The number of rotatable bonds is 4. The second-order valence-electron chi connectivity index (χ2n) is 6.01. The van der Waals surface area contributed by atoms with Gasteiger partial charge in [0.05, 0.1) is 23.0 Å². The van der Waals surface area contributed by atoms with Gasteiger partial charge in [-0.15, -0.1) is 0 Å². The van der Waals surface area contributed by atoms with Gasteiger partial charge < -0.3 is 9.84 Å². The van der Waals surface area contributed by atoms with Gasteiger partial charge in [0.2, 0.25) is 5.91 Å². The molecule has 2 aromatic heterocycles. The van der Waals surface area contributed by atoms with Crippen LogP contribution < -0.4 is 5.32 Å². The Morgan fingerprint density at radius 2 is 2.04 bits per heavy atom. The van der Waals surface area contributed by atoms with Gasteiger partial charge in [-0.3, -0.25) is 4.79 Å². The predicted molar refractivity (Wildman–Crippen MR) is 99.0 cm³/mol. The maximum Gasteiger partial charge on any atom is 0.232 e. The molecule has 1 unspecified atom stereocenters. The van der Waals surface area contributed by atoms with Crippen molar-refractivity contribution in [1.29, 1.82) is 0 Å². The molecule has 0 fully saturated rings. The summed E-state index contributed by atoms with van der Waals surface area (Å²) in [4.78, 5) is 12.7. The Morgan fingerprint density at radius 3 is 2.68 bits per heavy atom. The molecule has 7 heteroatoms. The third-order valence-corrected chi connectivity index (χ3v) is 4.54. The Kier molecular flexibility index (Phi) is 4.76. The quantitative estimate of drug-likeness (QED) is 0.706. The zero-order chi connectivity index (χ0) is 18.1. The van der Waals surface area contributed by atoms with E-state index < -0.39 is 0 Å². The summed E-state index contributed by atoms with van der Waals surface area (Å²) >= 11 is 3.46. The Bertz CT molecular complexity index is 910. The summed E-state index contributed by atoms with van der Waals surface area (Å²) in [6.07, 6.45) is 0. The second kappa shape index (κ2) is 6.84. The zero-order valence-electron chi connectivity index (χ0n) is 14.5. The average molecular weight is 403 g/mol. The van der Waals surface area contributed by atoms with Crippen LogP contribution in [0.25, 0.3) is 5.69 Å². The number of halogens is 1. The van der Waals surface area contributed by atoms with Crippen molar-refractivity contribution in [3.8, 4) is 5.69 Å². The first-order valence-electron chi connectivity index (χ1n) is 7.93. The number of anilines is 1. The molecule has 0 aliphatic heterocycles. The van der Waals surface area contributed by atoms with Gasteiger partial charge in [-0.2, -0.15) is 5.10 Å². The summed E-state index contributed by atoms with van der Waals surface area (Å²) in [5.74, 6) is 0.777. The minimum atomic E-state index is -0.377. The summed E-state index contributed by atoms with van der Waals surface area (Å²) < 4.78 is 7.84. The molecule has 0 saturated carbocycles. The molecule has 1 aromatic carbocycles. The number of nitrogens with zero attached hydrogens (tertiary/aromatic N) is 3. The number of amides is 1. The molecule has 2 heterocycles. The van der Waals surface area contributed by atoms with Crippen molar-refractivity contribution in [2.24, 2.45) is 0 Å². The van der Waals surface area contributed by atoms with Crippen LogP contribution in [0.3, 0.4) is 0 Å². The van der Waals surface area contributed by atoms with Crippen LogP contribution in [-0.4, -0.2) is 20.8 Å². The van der Waals surface area contributed by atoms with E-state index in [0.717, 1.165) is 27.1 Å². The molecule has 25 heavy (non-hydrogen) atoms. The van der Waals surface area contributed by atoms with Crippen molar-refractivity contribution in [2.45, 2.75) is 33.6 Å². The lowest BCUT2D eigenvalue weighted by molar-refractivity contribution is -0.117. The summed E-state index contributed by atoms with van der Waals surface area (Å²) in [5, 5.41) is 11.4. The van der Waals surface area contributed by atoms with Crippen molar-refractivity contribution in [1.82, 2.24) is 14.9 Å². The van der Waals surface area contributed by atoms with E-state index in [-0.39, 0.29) is 11.8 Å². The maximum absolute atomic E-state index is 12.7. The lowest BCUT2D eigenvalue weighted by Gasteiger charge is -2.13. The van der Waals surface area contributed by atoms with E-state index in [0.29, 0.717) is 11.6 Å². The highest BCUT2D eigenvalue weighted by atomic mass is 79.9. The van der Waals surface area contributed by atoms with E-state index in [1.54, 1.807) is 4.68 Å². The summed E-state index contributed by atoms with van der Waals surface area (Å²) in [7, 11) is 0. The SMILES string of the molecule is Cc1cc(NC(=O)C(C)c2c(C)noc2C)n(-c2cccc(Br)c2)n1. The fraction of sp³-hybridized carbons (Fsp3) is 0.278. The maximum atomic E-state index is 12.7. The lowest BCUT2D eigenvalue weighted by Crippen LogP contribution is -2.21. The van der Waals surface area contributed by atoms with Gasteiger partial charge in [0, 0.05) is 16.1 Å². The first-order valence-corrected chi connectivity index (χ1v) is 8.72. The number of carbonyl (C=O) groups is 1. The molecular weight excluding hydrogens is 384 g/mol. The number of carbonyl (C=O) groups excluding carboxylic acids is 1. The van der Waals surface area contributed by atoms with E-state index >= 15 is 0 Å². The molecule has 0 radical (unpaired) electrons. The minimum Gasteiger partial charge on any atom is -0.361 e. The highest BCUT2D eigenvalue weighted by molar-refractivity contribution is 9.10. The highest BCUT2D eigenvalue weighted by Crippen LogP contribution is 2.26. The molecule has 3 aromatic rings. The fourth-order valence-corrected chi connectivity index (χ4v) is 3.25. The monoisotopic (exact) mass is 402 g/mol. The van der Waals surface area contributed by atoms with Crippen molar-refractivity contribution < 1.29 is 9.32 Å². The van der Waals surface area contributed by atoms with Gasteiger partial charge in [0.25, 0.3) is 0 Å². The van der Waals surface area contributed by atoms with Gasteiger partial charge in [-0.1, -0.05) is 27.2 Å². The molecule has 3 rings (SSSR count). The third-order valence-electron chi connectivity index (χ3n) is 4.05. The predicted octanol–water partition coefficient (Wildman–Crippen LogP) is 4.29. The second-order valence-corrected chi connectivity index (χ2v) is 6.93. The Morgan fingerprint density at radius 1 is 1.28 bits per heavy atom. The van der Waals surface area contributed by atoms with E-state index in [1.807, 2.05) is 58.0 Å².